The molecule has 1 aromatic rings. The molecule has 74 valence electrons. The van der Waals surface area contributed by atoms with Crippen molar-refractivity contribution < 1.29 is 8.78 Å². The van der Waals surface area contributed by atoms with Crippen LogP contribution in [0.2, 0.25) is 0 Å². The predicted molar refractivity (Wildman–Crippen MR) is 50.9 cm³/mol. The van der Waals surface area contributed by atoms with Crippen LogP contribution in [0.25, 0.3) is 0 Å². The van der Waals surface area contributed by atoms with Crippen molar-refractivity contribution in [2.75, 3.05) is 0 Å². The molecule has 0 heterocycles. The number of benzene rings is 1. The molecular formula is C9H12ClF2N. The van der Waals surface area contributed by atoms with Crippen LogP contribution in [-0.2, 0) is 0 Å². The van der Waals surface area contributed by atoms with E-state index in [1.807, 2.05) is 0 Å². The van der Waals surface area contributed by atoms with Crippen LogP contribution in [0, 0.1) is 18.6 Å². The van der Waals surface area contributed by atoms with Gasteiger partial charge in [-0.25, -0.2) is 8.78 Å². The SMILES string of the molecule is Cc1ccc(F)c([C@H](C)N)c1F.Cl. The maximum Gasteiger partial charge on any atom is 0.133 e. The second-order valence-corrected chi connectivity index (χ2v) is 2.88. The Morgan fingerprint density at radius 2 is 1.85 bits per heavy atom. The van der Waals surface area contributed by atoms with Crippen LogP contribution in [0.1, 0.15) is 24.1 Å². The van der Waals surface area contributed by atoms with Gasteiger partial charge in [-0.3, -0.25) is 0 Å². The number of nitrogens with two attached hydrogens (primary N) is 1. The van der Waals surface area contributed by atoms with Crippen LogP contribution in [0.15, 0.2) is 12.1 Å². The fourth-order valence-corrected chi connectivity index (χ4v) is 1.10. The molecule has 0 amide bonds. The van der Waals surface area contributed by atoms with Gasteiger partial charge in [-0.15, -0.1) is 12.4 Å². The molecule has 0 aliphatic heterocycles. The second-order valence-electron chi connectivity index (χ2n) is 2.88. The molecule has 1 nitrogen and oxygen atoms in total. The fraction of sp³-hybridized carbons (Fsp3) is 0.333. The highest BCUT2D eigenvalue weighted by molar-refractivity contribution is 5.85. The van der Waals surface area contributed by atoms with Gasteiger partial charge in [-0.1, -0.05) is 6.07 Å². The quantitative estimate of drug-likeness (QED) is 0.753. The van der Waals surface area contributed by atoms with Gasteiger partial charge in [-0.2, -0.15) is 0 Å². The average Bonchev–Trinajstić information content (AvgIpc) is 1.97. The van der Waals surface area contributed by atoms with E-state index in [0.717, 1.165) is 0 Å². The minimum absolute atomic E-state index is 0. The zero-order valence-electron chi connectivity index (χ0n) is 7.47. The Hall–Kier alpha value is -0.670. The van der Waals surface area contributed by atoms with Crippen molar-refractivity contribution in [1.82, 2.24) is 0 Å². The van der Waals surface area contributed by atoms with Crippen LogP contribution in [0.4, 0.5) is 8.78 Å². The van der Waals surface area contributed by atoms with Crippen molar-refractivity contribution in [1.29, 1.82) is 0 Å². The molecule has 0 saturated heterocycles. The number of rotatable bonds is 1. The van der Waals surface area contributed by atoms with Crippen molar-refractivity contribution in [3.8, 4) is 0 Å². The van der Waals surface area contributed by atoms with Gasteiger partial charge in [0.1, 0.15) is 11.6 Å². The molecule has 0 bridgehead atoms. The number of halogens is 3. The zero-order valence-corrected chi connectivity index (χ0v) is 8.29. The van der Waals surface area contributed by atoms with Gasteiger partial charge in [-0.05, 0) is 25.5 Å². The van der Waals surface area contributed by atoms with E-state index in [4.69, 9.17) is 5.73 Å². The maximum absolute atomic E-state index is 13.2. The minimum atomic E-state index is -0.607. The minimum Gasteiger partial charge on any atom is -0.324 e. The summed E-state index contributed by atoms with van der Waals surface area (Å²) >= 11 is 0. The van der Waals surface area contributed by atoms with Crippen molar-refractivity contribution in [3.63, 3.8) is 0 Å². The van der Waals surface area contributed by atoms with Crippen molar-refractivity contribution in [2.45, 2.75) is 19.9 Å². The van der Waals surface area contributed by atoms with Crippen LogP contribution in [0.5, 0.6) is 0 Å². The monoisotopic (exact) mass is 207 g/mol. The summed E-state index contributed by atoms with van der Waals surface area (Å²) in [6.45, 7) is 3.14. The molecule has 1 rings (SSSR count). The van der Waals surface area contributed by atoms with E-state index in [2.05, 4.69) is 0 Å². The largest absolute Gasteiger partial charge is 0.324 e. The van der Waals surface area contributed by atoms with E-state index >= 15 is 0 Å². The first-order chi connectivity index (χ1) is 5.54. The summed E-state index contributed by atoms with van der Waals surface area (Å²) in [5.74, 6) is -1.11. The number of hydrogen-bond acceptors (Lipinski definition) is 1. The van der Waals surface area contributed by atoms with E-state index in [1.54, 1.807) is 13.8 Å². The Morgan fingerprint density at radius 1 is 1.31 bits per heavy atom. The molecule has 0 aliphatic rings. The van der Waals surface area contributed by atoms with Gasteiger partial charge in [0, 0.05) is 11.6 Å². The molecule has 0 unspecified atom stereocenters. The zero-order chi connectivity index (χ0) is 9.30. The third-order valence-corrected chi connectivity index (χ3v) is 1.77. The first-order valence-corrected chi connectivity index (χ1v) is 3.74. The lowest BCUT2D eigenvalue weighted by Crippen LogP contribution is -2.10. The normalized spacial score (nSPS) is 12.1. The summed E-state index contributed by atoms with van der Waals surface area (Å²) in [6, 6.07) is 2.03. The summed E-state index contributed by atoms with van der Waals surface area (Å²) in [5.41, 5.74) is 5.79. The Bertz CT molecular complexity index is 300. The Labute approximate surface area is 82.4 Å². The van der Waals surface area contributed by atoms with Gasteiger partial charge in [0.05, 0.1) is 0 Å². The highest BCUT2D eigenvalue weighted by Crippen LogP contribution is 2.20. The third-order valence-electron chi connectivity index (χ3n) is 1.77. The topological polar surface area (TPSA) is 26.0 Å². The highest BCUT2D eigenvalue weighted by atomic mass is 35.5. The lowest BCUT2D eigenvalue weighted by atomic mass is 10.0. The molecule has 2 N–H and O–H groups in total. The molecule has 1 aromatic carbocycles. The molecule has 13 heavy (non-hydrogen) atoms. The Morgan fingerprint density at radius 3 is 2.23 bits per heavy atom. The first kappa shape index (κ1) is 12.3. The van der Waals surface area contributed by atoms with E-state index in [9.17, 15) is 8.78 Å². The van der Waals surface area contributed by atoms with Crippen LogP contribution >= 0.6 is 12.4 Å². The summed E-state index contributed by atoms with van der Waals surface area (Å²) in [4.78, 5) is 0. The van der Waals surface area contributed by atoms with Crippen LogP contribution in [-0.4, -0.2) is 0 Å². The molecule has 0 radical (unpaired) electrons. The number of hydrogen-bond donors (Lipinski definition) is 1. The lowest BCUT2D eigenvalue weighted by molar-refractivity contribution is 0.532. The van der Waals surface area contributed by atoms with Gasteiger partial charge >= 0.3 is 0 Å². The number of aryl methyl sites for hydroxylation is 1. The second kappa shape index (κ2) is 4.53. The molecule has 0 aliphatic carbocycles. The molecule has 0 aromatic heterocycles. The van der Waals surface area contributed by atoms with Gasteiger partial charge < -0.3 is 5.73 Å². The predicted octanol–water partition coefficient (Wildman–Crippen LogP) is 2.71. The molecule has 0 spiro atoms. The van der Waals surface area contributed by atoms with Gasteiger partial charge in [0.15, 0.2) is 0 Å². The van der Waals surface area contributed by atoms with Crippen molar-refractivity contribution in [3.05, 3.63) is 34.9 Å². The summed E-state index contributed by atoms with van der Waals surface area (Å²) in [7, 11) is 0. The van der Waals surface area contributed by atoms with E-state index in [1.165, 1.54) is 12.1 Å². The standard InChI is InChI=1S/C9H11F2N.ClH/c1-5-3-4-7(10)8(6(2)12)9(5)11;/h3-4,6H,12H2,1-2H3;1H/t6-;/m0./s1. The molecular weight excluding hydrogens is 196 g/mol. The molecule has 4 heteroatoms. The van der Waals surface area contributed by atoms with E-state index in [-0.39, 0.29) is 18.0 Å². The summed E-state index contributed by atoms with van der Waals surface area (Å²) < 4.78 is 26.2. The third kappa shape index (κ3) is 2.39. The van der Waals surface area contributed by atoms with Crippen LogP contribution in [0.3, 0.4) is 0 Å². The molecule has 0 saturated carbocycles. The van der Waals surface area contributed by atoms with Crippen molar-refractivity contribution in [2.24, 2.45) is 5.73 Å². The lowest BCUT2D eigenvalue weighted by Gasteiger charge is -2.09. The van der Waals surface area contributed by atoms with Crippen molar-refractivity contribution >= 4 is 12.4 Å². The van der Waals surface area contributed by atoms with Gasteiger partial charge in [0.25, 0.3) is 0 Å². The Balaban J connectivity index is 0.00000144. The highest BCUT2D eigenvalue weighted by Gasteiger charge is 2.14. The first-order valence-electron chi connectivity index (χ1n) is 3.74. The van der Waals surface area contributed by atoms with Gasteiger partial charge in [0.2, 0.25) is 0 Å². The fourth-order valence-electron chi connectivity index (χ4n) is 1.10. The van der Waals surface area contributed by atoms with E-state index in [0.29, 0.717) is 5.56 Å². The Kier molecular flexibility index (Phi) is 4.30. The van der Waals surface area contributed by atoms with Crippen LogP contribution < -0.4 is 5.73 Å². The molecule has 1 atom stereocenters. The van der Waals surface area contributed by atoms with E-state index < -0.39 is 17.7 Å². The smallest absolute Gasteiger partial charge is 0.133 e. The summed E-state index contributed by atoms with van der Waals surface area (Å²) in [5, 5.41) is 0. The summed E-state index contributed by atoms with van der Waals surface area (Å²) in [6.07, 6.45) is 0. The maximum atomic E-state index is 13.2. The molecule has 0 fully saturated rings. The average molecular weight is 208 g/mol.